The van der Waals surface area contributed by atoms with E-state index in [0.29, 0.717) is 34.4 Å². The van der Waals surface area contributed by atoms with Crippen molar-refractivity contribution < 1.29 is 28.5 Å². The van der Waals surface area contributed by atoms with Crippen molar-refractivity contribution in [2.24, 2.45) is 0 Å². The standard InChI is InChI=1S/C19H16N2O7S/c1-10-4-5-12(8-14(10)21(25)26)15-7-6-13(28-15)9-16-17(22)20(19(24)29-16)11(2)18(23)27-3/h4-9,11H,1-3H3/b16-9+/t11-/m0/s1. The highest BCUT2D eigenvalue weighted by molar-refractivity contribution is 8.18. The van der Waals surface area contributed by atoms with Crippen molar-refractivity contribution in [3.05, 3.63) is 56.7 Å². The quantitative estimate of drug-likeness (QED) is 0.313. The lowest BCUT2D eigenvalue weighted by atomic mass is 10.1. The maximum atomic E-state index is 12.5. The Morgan fingerprint density at radius 2 is 2.03 bits per heavy atom. The maximum Gasteiger partial charge on any atom is 0.328 e. The number of hydrogen-bond acceptors (Lipinski definition) is 8. The van der Waals surface area contributed by atoms with Crippen LogP contribution in [0.2, 0.25) is 0 Å². The van der Waals surface area contributed by atoms with Crippen LogP contribution < -0.4 is 0 Å². The molecule has 1 fully saturated rings. The molecule has 2 amide bonds. The minimum Gasteiger partial charge on any atom is -0.467 e. The second kappa shape index (κ2) is 7.92. The van der Waals surface area contributed by atoms with Gasteiger partial charge in [0.2, 0.25) is 0 Å². The normalized spacial score (nSPS) is 16.4. The number of amides is 2. The number of furan rings is 1. The van der Waals surface area contributed by atoms with Crippen LogP contribution in [0.4, 0.5) is 10.5 Å². The van der Waals surface area contributed by atoms with E-state index >= 15 is 0 Å². The fourth-order valence-corrected chi connectivity index (χ4v) is 3.65. The van der Waals surface area contributed by atoms with Crippen molar-refractivity contribution in [1.82, 2.24) is 4.90 Å². The molecule has 10 heteroatoms. The van der Waals surface area contributed by atoms with E-state index in [1.807, 2.05) is 0 Å². The minimum absolute atomic E-state index is 0.0293. The van der Waals surface area contributed by atoms with Crippen molar-refractivity contribution in [2.45, 2.75) is 19.9 Å². The van der Waals surface area contributed by atoms with Crippen LogP contribution in [0.1, 0.15) is 18.2 Å². The summed E-state index contributed by atoms with van der Waals surface area (Å²) >= 11 is 0.688. The number of carbonyl (C=O) groups is 3. The molecule has 1 aromatic carbocycles. The van der Waals surface area contributed by atoms with Crippen molar-refractivity contribution in [2.75, 3.05) is 7.11 Å². The molecule has 150 valence electrons. The third-order valence-electron chi connectivity index (χ3n) is 4.34. The topological polar surface area (TPSA) is 120 Å². The summed E-state index contributed by atoms with van der Waals surface area (Å²) in [5.41, 5.74) is 1.01. The number of hydrogen-bond donors (Lipinski definition) is 0. The van der Waals surface area contributed by atoms with E-state index in [-0.39, 0.29) is 10.6 Å². The van der Waals surface area contributed by atoms with Gasteiger partial charge in [0.05, 0.1) is 16.9 Å². The fraction of sp³-hybridized carbons (Fsp3) is 0.211. The van der Waals surface area contributed by atoms with Crippen LogP contribution in [0.25, 0.3) is 17.4 Å². The summed E-state index contributed by atoms with van der Waals surface area (Å²) in [7, 11) is 1.17. The number of aryl methyl sites for hydroxylation is 1. The fourth-order valence-electron chi connectivity index (χ4n) is 2.76. The monoisotopic (exact) mass is 416 g/mol. The highest BCUT2D eigenvalue weighted by Crippen LogP contribution is 2.35. The summed E-state index contributed by atoms with van der Waals surface area (Å²) in [4.78, 5) is 47.9. The van der Waals surface area contributed by atoms with Gasteiger partial charge in [0.25, 0.3) is 16.8 Å². The van der Waals surface area contributed by atoms with Crippen molar-refractivity contribution >= 4 is 40.6 Å². The Balaban J connectivity index is 1.87. The Hall–Kier alpha value is -3.40. The first-order valence-electron chi connectivity index (χ1n) is 8.43. The Morgan fingerprint density at radius 1 is 1.31 bits per heavy atom. The summed E-state index contributed by atoms with van der Waals surface area (Å²) in [6.07, 6.45) is 1.39. The zero-order valence-corrected chi connectivity index (χ0v) is 16.5. The molecule has 2 aromatic rings. The van der Waals surface area contributed by atoms with Crippen molar-refractivity contribution in [1.29, 1.82) is 0 Å². The summed E-state index contributed by atoms with van der Waals surface area (Å²) in [5, 5.41) is 10.5. The molecule has 0 N–H and O–H groups in total. The Bertz CT molecular complexity index is 1060. The molecule has 2 heterocycles. The number of nitro groups is 1. The van der Waals surface area contributed by atoms with E-state index in [1.54, 1.807) is 31.2 Å². The highest BCUT2D eigenvalue weighted by atomic mass is 32.2. The number of ether oxygens (including phenoxy) is 1. The van der Waals surface area contributed by atoms with Crippen LogP contribution in [0, 0.1) is 17.0 Å². The SMILES string of the molecule is COC(=O)[C@H](C)N1C(=O)S/C(=C/c2ccc(-c3ccc(C)c([N+](=O)[O-])c3)o2)C1=O. The van der Waals surface area contributed by atoms with Gasteiger partial charge in [-0.15, -0.1) is 0 Å². The molecular formula is C19H16N2O7S. The minimum atomic E-state index is -1.04. The number of nitrogens with zero attached hydrogens (tertiary/aromatic N) is 2. The lowest BCUT2D eigenvalue weighted by molar-refractivity contribution is -0.385. The van der Waals surface area contributed by atoms with Crippen LogP contribution in [-0.2, 0) is 14.3 Å². The number of rotatable bonds is 5. The van der Waals surface area contributed by atoms with Gasteiger partial charge in [0.15, 0.2) is 0 Å². The number of methoxy groups -OCH3 is 1. The third-order valence-corrected chi connectivity index (χ3v) is 5.23. The van der Waals surface area contributed by atoms with Gasteiger partial charge in [0.1, 0.15) is 17.6 Å². The smallest absolute Gasteiger partial charge is 0.328 e. The predicted molar refractivity (Wildman–Crippen MR) is 105 cm³/mol. The van der Waals surface area contributed by atoms with Gasteiger partial charge >= 0.3 is 5.97 Å². The van der Waals surface area contributed by atoms with E-state index in [9.17, 15) is 24.5 Å². The molecule has 1 atom stereocenters. The van der Waals surface area contributed by atoms with Gasteiger partial charge in [-0.2, -0.15) is 0 Å². The molecule has 1 aromatic heterocycles. The zero-order valence-electron chi connectivity index (χ0n) is 15.7. The summed E-state index contributed by atoms with van der Waals surface area (Å²) in [6.45, 7) is 3.04. The number of thioether (sulfide) groups is 1. The van der Waals surface area contributed by atoms with Gasteiger partial charge in [-0.05, 0) is 37.7 Å². The van der Waals surface area contributed by atoms with Gasteiger partial charge in [-0.1, -0.05) is 12.1 Å². The largest absolute Gasteiger partial charge is 0.467 e. The molecule has 0 unspecified atom stereocenters. The lowest BCUT2D eigenvalue weighted by Gasteiger charge is -2.18. The zero-order chi connectivity index (χ0) is 21.3. The molecule has 0 radical (unpaired) electrons. The van der Waals surface area contributed by atoms with Crippen LogP contribution in [0.15, 0.2) is 39.7 Å². The first-order chi connectivity index (χ1) is 13.7. The van der Waals surface area contributed by atoms with Gasteiger partial charge in [-0.25, -0.2) is 4.79 Å². The number of imide groups is 1. The molecule has 1 aliphatic heterocycles. The Morgan fingerprint density at radius 3 is 2.69 bits per heavy atom. The van der Waals surface area contributed by atoms with Crippen LogP contribution in [-0.4, -0.2) is 40.1 Å². The summed E-state index contributed by atoms with van der Waals surface area (Å²) in [5.74, 6) is -0.655. The number of carbonyl (C=O) groups excluding carboxylic acids is 3. The van der Waals surface area contributed by atoms with Crippen LogP contribution in [0.3, 0.4) is 0 Å². The van der Waals surface area contributed by atoms with Crippen LogP contribution in [0.5, 0.6) is 0 Å². The predicted octanol–water partition coefficient (Wildman–Crippen LogP) is 3.76. The van der Waals surface area contributed by atoms with Gasteiger partial charge in [-0.3, -0.25) is 24.6 Å². The molecule has 0 bridgehead atoms. The van der Waals surface area contributed by atoms with E-state index in [2.05, 4.69) is 4.74 Å². The molecule has 1 saturated heterocycles. The van der Waals surface area contributed by atoms with E-state index in [1.165, 1.54) is 26.2 Å². The lowest BCUT2D eigenvalue weighted by Crippen LogP contribution is -2.42. The van der Waals surface area contributed by atoms with Crippen molar-refractivity contribution in [3.8, 4) is 11.3 Å². The third kappa shape index (κ3) is 3.92. The van der Waals surface area contributed by atoms with Gasteiger partial charge in [0, 0.05) is 23.3 Å². The van der Waals surface area contributed by atoms with Gasteiger partial charge < -0.3 is 9.15 Å². The van der Waals surface area contributed by atoms with Crippen molar-refractivity contribution in [3.63, 3.8) is 0 Å². The first-order valence-corrected chi connectivity index (χ1v) is 9.24. The van der Waals surface area contributed by atoms with E-state index < -0.39 is 28.1 Å². The number of nitro benzene ring substituents is 1. The maximum absolute atomic E-state index is 12.5. The second-order valence-electron chi connectivity index (χ2n) is 6.21. The molecule has 0 saturated carbocycles. The number of esters is 1. The summed E-state index contributed by atoms with van der Waals surface area (Å²) < 4.78 is 10.2. The molecule has 1 aliphatic rings. The first kappa shape index (κ1) is 20.3. The van der Waals surface area contributed by atoms with E-state index in [0.717, 1.165) is 4.90 Å². The Labute approximate surface area is 169 Å². The highest BCUT2D eigenvalue weighted by Gasteiger charge is 2.41. The van der Waals surface area contributed by atoms with Crippen LogP contribution >= 0.6 is 11.8 Å². The molecule has 0 spiro atoms. The Kier molecular flexibility index (Phi) is 5.55. The summed E-state index contributed by atoms with van der Waals surface area (Å²) in [6, 6.07) is 6.87. The average Bonchev–Trinajstić information content (AvgIpc) is 3.25. The van der Waals surface area contributed by atoms with E-state index in [4.69, 9.17) is 4.42 Å². The molecule has 3 rings (SSSR count). The molecule has 29 heavy (non-hydrogen) atoms. The number of benzene rings is 1. The average molecular weight is 416 g/mol. The molecular weight excluding hydrogens is 400 g/mol. The molecule has 9 nitrogen and oxygen atoms in total. The second-order valence-corrected chi connectivity index (χ2v) is 7.20. The molecule has 0 aliphatic carbocycles.